The van der Waals surface area contributed by atoms with E-state index in [4.69, 9.17) is 4.74 Å². The first-order chi connectivity index (χ1) is 11.1. The first kappa shape index (κ1) is 21.1. The number of amides is 1. The lowest BCUT2D eigenvalue weighted by Crippen LogP contribution is -2.43. The molecule has 6 heteroatoms. The van der Waals surface area contributed by atoms with Gasteiger partial charge in [-0.05, 0) is 44.4 Å². The standard InChI is InChI=1S/C18H28N2O2S.ClH/c1-13(12-23-17-7-5-4-6-16(17)22-3)11-20-18(21)15-8-9-19-14(2)10-15;/h4-7,13-15,19H,8-12H2,1-3H3,(H,20,21);1H/t13?,14-,15-;/m0./s1. The number of ether oxygens (including phenoxy) is 1. The van der Waals surface area contributed by atoms with E-state index in [-0.39, 0.29) is 24.2 Å². The van der Waals surface area contributed by atoms with Crippen molar-refractivity contribution in [3.8, 4) is 5.75 Å². The Morgan fingerprint density at radius 3 is 2.92 bits per heavy atom. The van der Waals surface area contributed by atoms with E-state index < -0.39 is 0 Å². The molecule has 0 aliphatic carbocycles. The van der Waals surface area contributed by atoms with E-state index >= 15 is 0 Å². The van der Waals surface area contributed by atoms with Crippen LogP contribution in [0.2, 0.25) is 0 Å². The van der Waals surface area contributed by atoms with Gasteiger partial charge in [-0.2, -0.15) is 0 Å². The first-order valence-electron chi connectivity index (χ1n) is 8.37. The van der Waals surface area contributed by atoms with Crippen LogP contribution >= 0.6 is 24.2 Å². The molecule has 0 aromatic heterocycles. The minimum Gasteiger partial charge on any atom is -0.496 e. The van der Waals surface area contributed by atoms with E-state index in [1.165, 1.54) is 0 Å². The number of hydrogen-bond donors (Lipinski definition) is 2. The Kier molecular flexibility index (Phi) is 9.56. The molecular weight excluding hydrogens is 344 g/mol. The zero-order valence-corrected chi connectivity index (χ0v) is 16.3. The summed E-state index contributed by atoms with van der Waals surface area (Å²) >= 11 is 1.78. The van der Waals surface area contributed by atoms with E-state index in [1.54, 1.807) is 18.9 Å². The highest BCUT2D eigenvalue weighted by atomic mass is 35.5. The maximum absolute atomic E-state index is 12.3. The lowest BCUT2D eigenvalue weighted by molar-refractivity contribution is -0.126. The van der Waals surface area contributed by atoms with Crippen molar-refractivity contribution in [1.29, 1.82) is 0 Å². The molecule has 3 atom stereocenters. The van der Waals surface area contributed by atoms with E-state index in [2.05, 4.69) is 30.5 Å². The zero-order valence-electron chi connectivity index (χ0n) is 14.7. The molecule has 0 saturated carbocycles. The van der Waals surface area contributed by atoms with Gasteiger partial charge in [-0.1, -0.05) is 19.1 Å². The molecule has 1 amide bonds. The van der Waals surface area contributed by atoms with Gasteiger partial charge in [-0.3, -0.25) is 4.79 Å². The van der Waals surface area contributed by atoms with Crippen molar-refractivity contribution in [3.05, 3.63) is 24.3 Å². The fourth-order valence-electron chi connectivity index (χ4n) is 2.82. The molecule has 0 bridgehead atoms. The van der Waals surface area contributed by atoms with Gasteiger partial charge in [-0.25, -0.2) is 0 Å². The molecule has 1 aliphatic rings. The van der Waals surface area contributed by atoms with Gasteiger partial charge < -0.3 is 15.4 Å². The molecule has 136 valence electrons. The molecule has 0 radical (unpaired) electrons. The monoisotopic (exact) mass is 372 g/mol. The summed E-state index contributed by atoms with van der Waals surface area (Å²) < 4.78 is 5.37. The first-order valence-corrected chi connectivity index (χ1v) is 9.35. The molecule has 2 rings (SSSR count). The molecule has 24 heavy (non-hydrogen) atoms. The van der Waals surface area contributed by atoms with Crippen molar-refractivity contribution < 1.29 is 9.53 Å². The number of hydrogen-bond acceptors (Lipinski definition) is 4. The highest BCUT2D eigenvalue weighted by molar-refractivity contribution is 7.99. The number of thioether (sulfide) groups is 1. The van der Waals surface area contributed by atoms with Crippen molar-refractivity contribution in [1.82, 2.24) is 10.6 Å². The predicted molar refractivity (Wildman–Crippen MR) is 103 cm³/mol. The fourth-order valence-corrected chi connectivity index (χ4v) is 3.87. The van der Waals surface area contributed by atoms with Crippen LogP contribution in [-0.2, 0) is 4.79 Å². The number of piperidine rings is 1. The summed E-state index contributed by atoms with van der Waals surface area (Å²) in [5.74, 6) is 2.68. The second kappa shape index (κ2) is 10.9. The van der Waals surface area contributed by atoms with Gasteiger partial charge in [0, 0.05) is 29.2 Å². The highest BCUT2D eigenvalue weighted by Gasteiger charge is 2.24. The SMILES string of the molecule is COc1ccccc1SCC(C)CNC(=O)[C@H]1CCN[C@@H](C)C1.Cl. The van der Waals surface area contributed by atoms with E-state index in [9.17, 15) is 4.79 Å². The number of halogens is 1. The van der Waals surface area contributed by atoms with Crippen molar-refractivity contribution in [3.63, 3.8) is 0 Å². The van der Waals surface area contributed by atoms with Gasteiger partial charge in [-0.15, -0.1) is 24.2 Å². The Morgan fingerprint density at radius 2 is 2.21 bits per heavy atom. The summed E-state index contributed by atoms with van der Waals surface area (Å²) in [6.07, 6.45) is 1.89. The van der Waals surface area contributed by atoms with Crippen molar-refractivity contribution in [2.45, 2.75) is 37.6 Å². The molecule has 1 heterocycles. The van der Waals surface area contributed by atoms with Crippen LogP contribution in [0.15, 0.2) is 29.2 Å². The van der Waals surface area contributed by atoms with Gasteiger partial charge in [0.15, 0.2) is 0 Å². The van der Waals surface area contributed by atoms with Crippen LogP contribution in [0.5, 0.6) is 5.75 Å². The fraction of sp³-hybridized carbons (Fsp3) is 0.611. The Balaban J connectivity index is 0.00000288. The van der Waals surface area contributed by atoms with Gasteiger partial charge in [0.2, 0.25) is 5.91 Å². The summed E-state index contributed by atoms with van der Waals surface area (Å²) in [6.45, 7) is 6.00. The zero-order chi connectivity index (χ0) is 16.7. The molecule has 4 nitrogen and oxygen atoms in total. The number of para-hydroxylation sites is 1. The summed E-state index contributed by atoms with van der Waals surface area (Å²) in [7, 11) is 1.70. The van der Waals surface area contributed by atoms with Crippen LogP contribution in [-0.4, -0.2) is 37.9 Å². The smallest absolute Gasteiger partial charge is 0.223 e. The molecule has 1 aliphatic heterocycles. The molecule has 1 aromatic rings. The predicted octanol–water partition coefficient (Wildman–Crippen LogP) is 3.35. The van der Waals surface area contributed by atoms with Crippen LogP contribution in [0, 0.1) is 11.8 Å². The van der Waals surface area contributed by atoms with Gasteiger partial charge in [0.25, 0.3) is 0 Å². The molecule has 1 unspecified atom stereocenters. The van der Waals surface area contributed by atoms with Crippen molar-refractivity contribution in [2.24, 2.45) is 11.8 Å². The van der Waals surface area contributed by atoms with Crippen LogP contribution in [0.25, 0.3) is 0 Å². The molecule has 2 N–H and O–H groups in total. The highest BCUT2D eigenvalue weighted by Crippen LogP contribution is 2.29. The third-order valence-electron chi connectivity index (χ3n) is 4.21. The number of methoxy groups -OCH3 is 1. The van der Waals surface area contributed by atoms with Crippen LogP contribution in [0.3, 0.4) is 0 Å². The average molecular weight is 373 g/mol. The van der Waals surface area contributed by atoms with Crippen LogP contribution < -0.4 is 15.4 Å². The minimum atomic E-state index is 0. The molecule has 1 fully saturated rings. The average Bonchev–Trinajstić information content (AvgIpc) is 2.58. The molecule has 1 saturated heterocycles. The normalized spacial score (nSPS) is 21.5. The lowest BCUT2D eigenvalue weighted by Gasteiger charge is -2.27. The molecule has 1 aromatic carbocycles. The second-order valence-electron chi connectivity index (χ2n) is 6.39. The number of benzene rings is 1. The third kappa shape index (κ3) is 6.54. The maximum atomic E-state index is 12.3. The minimum absolute atomic E-state index is 0. The number of carbonyl (C=O) groups excluding carboxylic acids is 1. The second-order valence-corrected chi connectivity index (χ2v) is 7.45. The molecule has 0 spiro atoms. The van der Waals surface area contributed by atoms with E-state index in [1.807, 2.05) is 18.2 Å². The Bertz CT molecular complexity index is 516. The van der Waals surface area contributed by atoms with Crippen LogP contribution in [0.4, 0.5) is 0 Å². The Hall–Kier alpha value is -0.910. The maximum Gasteiger partial charge on any atom is 0.223 e. The lowest BCUT2D eigenvalue weighted by atomic mass is 9.92. The van der Waals surface area contributed by atoms with Crippen molar-refractivity contribution >= 4 is 30.1 Å². The summed E-state index contributed by atoms with van der Waals surface area (Å²) in [4.78, 5) is 13.4. The van der Waals surface area contributed by atoms with Crippen LogP contribution in [0.1, 0.15) is 26.7 Å². The number of carbonyl (C=O) groups is 1. The quantitative estimate of drug-likeness (QED) is 0.720. The van der Waals surface area contributed by atoms with Gasteiger partial charge in [0.05, 0.1) is 7.11 Å². The van der Waals surface area contributed by atoms with E-state index in [0.29, 0.717) is 12.0 Å². The number of rotatable bonds is 7. The topological polar surface area (TPSA) is 50.4 Å². The Morgan fingerprint density at radius 1 is 1.46 bits per heavy atom. The summed E-state index contributed by atoms with van der Waals surface area (Å²) in [5, 5.41) is 6.51. The Labute approximate surface area is 155 Å². The summed E-state index contributed by atoms with van der Waals surface area (Å²) in [6, 6.07) is 8.50. The third-order valence-corrected chi connectivity index (χ3v) is 5.60. The number of nitrogens with one attached hydrogen (secondary N) is 2. The molecular formula is C18H29ClN2O2S. The summed E-state index contributed by atoms with van der Waals surface area (Å²) in [5.41, 5.74) is 0. The van der Waals surface area contributed by atoms with Crippen molar-refractivity contribution in [2.75, 3.05) is 26.0 Å². The van der Waals surface area contributed by atoms with Gasteiger partial charge in [0.1, 0.15) is 5.75 Å². The largest absolute Gasteiger partial charge is 0.496 e. The van der Waals surface area contributed by atoms with Gasteiger partial charge >= 0.3 is 0 Å². The van der Waals surface area contributed by atoms with E-state index in [0.717, 1.165) is 42.3 Å².